The third-order valence-electron chi connectivity index (χ3n) is 2.96. The minimum Gasteiger partial charge on any atom is -0.378 e. The zero-order chi connectivity index (χ0) is 14.5. The number of hydrogen-bond acceptors (Lipinski definition) is 2. The summed E-state index contributed by atoms with van der Waals surface area (Å²) in [6.45, 7) is 4.11. The lowest BCUT2D eigenvalue weighted by molar-refractivity contribution is 1.32. The van der Waals surface area contributed by atoms with Gasteiger partial charge in [0, 0.05) is 10.2 Å². The van der Waals surface area contributed by atoms with Gasteiger partial charge in [0.15, 0.2) is 5.17 Å². The van der Waals surface area contributed by atoms with Crippen LogP contribution in [0.2, 0.25) is 0 Å². The van der Waals surface area contributed by atoms with Gasteiger partial charge in [0.25, 0.3) is 0 Å². The van der Waals surface area contributed by atoms with Gasteiger partial charge in [-0.1, -0.05) is 58.0 Å². The van der Waals surface area contributed by atoms with Crippen molar-refractivity contribution in [3.8, 4) is 0 Å². The molecule has 0 atom stereocenters. The van der Waals surface area contributed by atoms with Crippen LogP contribution in [0.4, 0.5) is 5.69 Å². The first-order chi connectivity index (χ1) is 9.56. The summed E-state index contributed by atoms with van der Waals surface area (Å²) in [6, 6.07) is 14.4. The van der Waals surface area contributed by atoms with Crippen LogP contribution in [0.1, 0.15) is 16.7 Å². The van der Waals surface area contributed by atoms with Gasteiger partial charge in [0.2, 0.25) is 0 Å². The van der Waals surface area contributed by atoms with Crippen molar-refractivity contribution in [3.63, 3.8) is 0 Å². The van der Waals surface area contributed by atoms with Crippen molar-refractivity contribution >= 4 is 38.5 Å². The normalized spacial score (nSPS) is 11.7. The Morgan fingerprint density at radius 2 is 1.70 bits per heavy atom. The van der Waals surface area contributed by atoms with E-state index in [1.54, 1.807) is 11.8 Å². The third-order valence-corrected chi connectivity index (χ3v) is 4.35. The zero-order valence-corrected chi connectivity index (χ0v) is 14.0. The number of rotatable bonds is 3. The lowest BCUT2D eigenvalue weighted by Gasteiger charge is -2.06. The molecule has 0 aliphatic carbocycles. The molecular formula is C16H17BrN2S. The Bertz CT molecular complexity index is 601. The predicted molar refractivity (Wildman–Crippen MR) is 92.6 cm³/mol. The van der Waals surface area contributed by atoms with E-state index >= 15 is 0 Å². The minimum atomic E-state index is 0.602. The number of thioether (sulfide) groups is 1. The molecule has 0 fully saturated rings. The summed E-state index contributed by atoms with van der Waals surface area (Å²) in [6.07, 6.45) is 0. The molecule has 2 N–H and O–H groups in total. The number of nitrogens with two attached hydrogens (primary N) is 1. The van der Waals surface area contributed by atoms with E-state index in [4.69, 9.17) is 5.73 Å². The molecule has 0 heterocycles. The van der Waals surface area contributed by atoms with Gasteiger partial charge < -0.3 is 5.73 Å². The van der Waals surface area contributed by atoms with E-state index in [0.29, 0.717) is 5.17 Å². The SMILES string of the molecule is Cc1cccc(C)c1N=C(N)SCc1ccc(Br)cc1. The van der Waals surface area contributed by atoms with Crippen LogP contribution >= 0.6 is 27.7 Å². The van der Waals surface area contributed by atoms with Gasteiger partial charge in [-0.2, -0.15) is 0 Å². The molecule has 2 aromatic carbocycles. The Balaban J connectivity index is 2.06. The highest BCUT2D eigenvalue weighted by atomic mass is 79.9. The summed E-state index contributed by atoms with van der Waals surface area (Å²) >= 11 is 4.99. The summed E-state index contributed by atoms with van der Waals surface area (Å²) < 4.78 is 1.09. The number of para-hydroxylation sites is 1. The molecule has 20 heavy (non-hydrogen) atoms. The van der Waals surface area contributed by atoms with E-state index in [9.17, 15) is 0 Å². The van der Waals surface area contributed by atoms with Crippen LogP contribution < -0.4 is 5.73 Å². The van der Waals surface area contributed by atoms with Crippen LogP contribution in [0, 0.1) is 13.8 Å². The number of amidine groups is 1. The van der Waals surface area contributed by atoms with Crippen molar-refractivity contribution < 1.29 is 0 Å². The van der Waals surface area contributed by atoms with E-state index in [1.165, 1.54) is 5.56 Å². The smallest absolute Gasteiger partial charge is 0.159 e. The number of aryl methyl sites for hydroxylation is 2. The van der Waals surface area contributed by atoms with E-state index in [0.717, 1.165) is 27.0 Å². The fraction of sp³-hybridized carbons (Fsp3) is 0.188. The van der Waals surface area contributed by atoms with Gasteiger partial charge in [0.05, 0.1) is 5.69 Å². The fourth-order valence-corrected chi connectivity index (χ4v) is 2.79. The maximum Gasteiger partial charge on any atom is 0.159 e. The summed E-state index contributed by atoms with van der Waals surface area (Å²) in [5.41, 5.74) is 10.5. The first kappa shape index (κ1) is 15.1. The average Bonchev–Trinajstić information content (AvgIpc) is 2.42. The number of nitrogens with zero attached hydrogens (tertiary/aromatic N) is 1. The third kappa shape index (κ3) is 4.12. The van der Waals surface area contributed by atoms with Crippen molar-refractivity contribution in [3.05, 3.63) is 63.6 Å². The molecule has 0 aliphatic rings. The van der Waals surface area contributed by atoms with Gasteiger partial charge in [0.1, 0.15) is 0 Å². The second-order valence-electron chi connectivity index (χ2n) is 4.61. The Kier molecular flexibility index (Phi) is 5.26. The number of benzene rings is 2. The van der Waals surface area contributed by atoms with Crippen LogP contribution in [0.3, 0.4) is 0 Å². The molecule has 4 heteroatoms. The molecule has 2 aromatic rings. The summed E-state index contributed by atoms with van der Waals surface area (Å²) in [5, 5.41) is 0.602. The van der Waals surface area contributed by atoms with Crippen molar-refractivity contribution in [2.75, 3.05) is 0 Å². The molecule has 0 spiro atoms. The lowest BCUT2D eigenvalue weighted by atomic mass is 10.1. The number of aliphatic imine (C=N–C) groups is 1. The predicted octanol–water partition coefficient (Wildman–Crippen LogP) is 4.95. The van der Waals surface area contributed by atoms with Crippen LogP contribution in [-0.4, -0.2) is 5.17 Å². The van der Waals surface area contributed by atoms with E-state index in [-0.39, 0.29) is 0 Å². The second-order valence-corrected chi connectivity index (χ2v) is 6.52. The molecular weight excluding hydrogens is 332 g/mol. The van der Waals surface area contributed by atoms with Crippen molar-refractivity contribution in [2.24, 2.45) is 10.7 Å². The monoisotopic (exact) mass is 348 g/mol. The van der Waals surface area contributed by atoms with Crippen LogP contribution in [0.15, 0.2) is 51.9 Å². The molecule has 0 saturated carbocycles. The maximum absolute atomic E-state index is 6.02. The zero-order valence-electron chi connectivity index (χ0n) is 11.6. The fourth-order valence-electron chi connectivity index (χ4n) is 1.86. The van der Waals surface area contributed by atoms with Gasteiger partial charge >= 0.3 is 0 Å². The van der Waals surface area contributed by atoms with Gasteiger partial charge in [-0.05, 0) is 42.7 Å². The second kappa shape index (κ2) is 6.95. The molecule has 0 aliphatic heterocycles. The standard InChI is InChI=1S/C16H17BrN2S/c1-11-4-3-5-12(2)15(11)19-16(18)20-10-13-6-8-14(17)9-7-13/h3-9H,10H2,1-2H3,(H2,18,19). The molecule has 104 valence electrons. The van der Waals surface area contributed by atoms with Crippen molar-refractivity contribution in [1.29, 1.82) is 0 Å². The topological polar surface area (TPSA) is 38.4 Å². The first-order valence-corrected chi connectivity index (χ1v) is 8.12. The molecule has 0 radical (unpaired) electrons. The van der Waals surface area contributed by atoms with E-state index < -0.39 is 0 Å². The van der Waals surface area contributed by atoms with Crippen LogP contribution in [-0.2, 0) is 5.75 Å². The van der Waals surface area contributed by atoms with Gasteiger partial charge in [-0.15, -0.1) is 0 Å². The highest BCUT2D eigenvalue weighted by molar-refractivity contribution is 9.10. The Morgan fingerprint density at radius 3 is 2.30 bits per heavy atom. The van der Waals surface area contributed by atoms with Crippen LogP contribution in [0.25, 0.3) is 0 Å². The molecule has 0 amide bonds. The lowest BCUT2D eigenvalue weighted by Crippen LogP contribution is -2.06. The summed E-state index contributed by atoms with van der Waals surface area (Å²) in [4.78, 5) is 4.54. The van der Waals surface area contributed by atoms with Crippen LogP contribution in [0.5, 0.6) is 0 Å². The summed E-state index contributed by atoms with van der Waals surface area (Å²) in [5.74, 6) is 0.827. The average molecular weight is 349 g/mol. The highest BCUT2D eigenvalue weighted by Crippen LogP contribution is 2.25. The largest absolute Gasteiger partial charge is 0.378 e. The summed E-state index contributed by atoms with van der Waals surface area (Å²) in [7, 11) is 0. The quantitative estimate of drug-likeness (QED) is 0.629. The Labute approximate surface area is 132 Å². The minimum absolute atomic E-state index is 0.602. The van der Waals surface area contributed by atoms with Gasteiger partial charge in [-0.3, -0.25) is 0 Å². The Hall–Kier alpha value is -1.26. The van der Waals surface area contributed by atoms with E-state index in [1.807, 2.05) is 18.2 Å². The highest BCUT2D eigenvalue weighted by Gasteiger charge is 2.02. The van der Waals surface area contributed by atoms with Gasteiger partial charge in [-0.25, -0.2) is 4.99 Å². The maximum atomic E-state index is 6.02. The molecule has 0 unspecified atom stereocenters. The molecule has 0 aromatic heterocycles. The Morgan fingerprint density at radius 1 is 1.10 bits per heavy atom. The number of hydrogen-bond donors (Lipinski definition) is 1. The van der Waals surface area contributed by atoms with Crippen molar-refractivity contribution in [2.45, 2.75) is 19.6 Å². The molecule has 2 nitrogen and oxygen atoms in total. The molecule has 2 rings (SSSR count). The molecule has 0 bridgehead atoms. The molecule has 0 saturated heterocycles. The number of halogens is 1. The van der Waals surface area contributed by atoms with E-state index in [2.05, 4.69) is 59.0 Å². The first-order valence-electron chi connectivity index (χ1n) is 6.34. The van der Waals surface area contributed by atoms with Crippen molar-refractivity contribution in [1.82, 2.24) is 0 Å².